The molecule has 0 aliphatic carbocycles. The SMILES string of the molecule is CCOC(=O)N1CCC(C#N)CC1. The van der Waals surface area contributed by atoms with Gasteiger partial charge in [-0.15, -0.1) is 0 Å². The number of hydrogen-bond acceptors (Lipinski definition) is 3. The molecule has 0 spiro atoms. The summed E-state index contributed by atoms with van der Waals surface area (Å²) in [6.07, 6.45) is 1.30. The van der Waals surface area contributed by atoms with Crippen LogP contribution in [-0.2, 0) is 4.74 Å². The molecule has 0 atom stereocenters. The highest BCUT2D eigenvalue weighted by molar-refractivity contribution is 5.67. The molecule has 1 saturated heterocycles. The van der Waals surface area contributed by atoms with Gasteiger partial charge in [0.2, 0.25) is 0 Å². The number of hydrogen-bond donors (Lipinski definition) is 0. The minimum absolute atomic E-state index is 0.116. The lowest BCUT2D eigenvalue weighted by atomic mass is 9.99. The molecular formula is C9H14N2O2. The van der Waals surface area contributed by atoms with Gasteiger partial charge >= 0.3 is 6.09 Å². The highest BCUT2D eigenvalue weighted by atomic mass is 16.6. The van der Waals surface area contributed by atoms with E-state index in [-0.39, 0.29) is 12.0 Å². The first-order valence-corrected chi connectivity index (χ1v) is 4.59. The molecule has 1 heterocycles. The van der Waals surface area contributed by atoms with Crippen LogP contribution in [-0.4, -0.2) is 30.7 Å². The molecule has 1 aliphatic rings. The smallest absolute Gasteiger partial charge is 0.409 e. The van der Waals surface area contributed by atoms with E-state index in [1.165, 1.54) is 0 Å². The molecule has 1 fully saturated rings. The number of ether oxygens (including phenoxy) is 1. The molecular weight excluding hydrogens is 168 g/mol. The second-order valence-corrected chi connectivity index (χ2v) is 3.09. The number of rotatable bonds is 1. The summed E-state index contributed by atoms with van der Waals surface area (Å²) < 4.78 is 4.85. The minimum atomic E-state index is -0.251. The molecule has 0 radical (unpaired) electrons. The monoisotopic (exact) mass is 182 g/mol. The van der Waals surface area contributed by atoms with Crippen LogP contribution in [0, 0.1) is 17.2 Å². The van der Waals surface area contributed by atoms with Crippen molar-refractivity contribution < 1.29 is 9.53 Å². The molecule has 0 bridgehead atoms. The largest absolute Gasteiger partial charge is 0.450 e. The van der Waals surface area contributed by atoms with Gasteiger partial charge in [-0.3, -0.25) is 0 Å². The van der Waals surface area contributed by atoms with Gasteiger partial charge in [0.15, 0.2) is 0 Å². The Kier molecular flexibility index (Phi) is 3.56. The molecule has 0 aromatic heterocycles. The van der Waals surface area contributed by atoms with Gasteiger partial charge in [0, 0.05) is 19.0 Å². The molecule has 4 heteroatoms. The zero-order valence-electron chi connectivity index (χ0n) is 7.82. The molecule has 1 rings (SSSR count). The van der Waals surface area contributed by atoms with Gasteiger partial charge in [-0.2, -0.15) is 5.26 Å². The van der Waals surface area contributed by atoms with E-state index in [0.29, 0.717) is 19.7 Å². The molecule has 0 unspecified atom stereocenters. The minimum Gasteiger partial charge on any atom is -0.450 e. The van der Waals surface area contributed by atoms with Crippen molar-refractivity contribution >= 4 is 6.09 Å². The Morgan fingerprint density at radius 2 is 2.23 bits per heavy atom. The second kappa shape index (κ2) is 4.70. The topological polar surface area (TPSA) is 53.3 Å². The van der Waals surface area contributed by atoms with Crippen molar-refractivity contribution in [2.45, 2.75) is 19.8 Å². The highest BCUT2D eigenvalue weighted by Crippen LogP contribution is 2.16. The molecule has 1 amide bonds. The van der Waals surface area contributed by atoms with Crippen molar-refractivity contribution in [3.63, 3.8) is 0 Å². The molecule has 1 aliphatic heterocycles. The quantitative estimate of drug-likeness (QED) is 0.615. The predicted octanol–water partition coefficient (Wildman–Crippen LogP) is 1.38. The third-order valence-electron chi connectivity index (χ3n) is 2.20. The third-order valence-corrected chi connectivity index (χ3v) is 2.20. The molecule has 0 aromatic carbocycles. The highest BCUT2D eigenvalue weighted by Gasteiger charge is 2.22. The van der Waals surface area contributed by atoms with Gasteiger partial charge in [0.05, 0.1) is 12.7 Å². The van der Waals surface area contributed by atoms with Crippen molar-refractivity contribution in [2.75, 3.05) is 19.7 Å². The number of nitriles is 1. The first kappa shape index (κ1) is 9.85. The fourth-order valence-corrected chi connectivity index (χ4v) is 1.41. The Morgan fingerprint density at radius 3 is 2.69 bits per heavy atom. The van der Waals surface area contributed by atoms with Crippen molar-refractivity contribution in [3.8, 4) is 6.07 Å². The van der Waals surface area contributed by atoms with Crippen molar-refractivity contribution in [1.82, 2.24) is 4.90 Å². The summed E-state index contributed by atoms with van der Waals surface area (Å²) >= 11 is 0. The van der Waals surface area contributed by atoms with E-state index in [2.05, 4.69) is 6.07 Å². The van der Waals surface area contributed by atoms with Gasteiger partial charge in [0.25, 0.3) is 0 Å². The Morgan fingerprint density at radius 1 is 1.62 bits per heavy atom. The second-order valence-electron chi connectivity index (χ2n) is 3.09. The summed E-state index contributed by atoms with van der Waals surface area (Å²) in [4.78, 5) is 12.9. The fraction of sp³-hybridized carbons (Fsp3) is 0.778. The van der Waals surface area contributed by atoms with Crippen LogP contribution in [0.5, 0.6) is 0 Å². The van der Waals surface area contributed by atoms with Crippen molar-refractivity contribution in [3.05, 3.63) is 0 Å². The van der Waals surface area contributed by atoms with Crippen LogP contribution < -0.4 is 0 Å². The number of carbonyl (C=O) groups excluding carboxylic acids is 1. The van der Waals surface area contributed by atoms with E-state index < -0.39 is 0 Å². The third kappa shape index (κ3) is 2.62. The number of carbonyl (C=O) groups is 1. The van der Waals surface area contributed by atoms with Gasteiger partial charge < -0.3 is 9.64 Å². The zero-order valence-corrected chi connectivity index (χ0v) is 7.82. The van der Waals surface area contributed by atoms with Gasteiger partial charge in [-0.25, -0.2) is 4.79 Å². The Labute approximate surface area is 78.1 Å². The summed E-state index contributed by atoms with van der Waals surface area (Å²) in [5.74, 6) is 0.116. The van der Waals surface area contributed by atoms with E-state index >= 15 is 0 Å². The van der Waals surface area contributed by atoms with Crippen LogP contribution in [0.3, 0.4) is 0 Å². The van der Waals surface area contributed by atoms with Gasteiger partial charge in [-0.1, -0.05) is 0 Å². The number of likely N-dealkylation sites (tertiary alicyclic amines) is 1. The Balaban J connectivity index is 2.33. The first-order valence-electron chi connectivity index (χ1n) is 4.59. The van der Waals surface area contributed by atoms with E-state index in [9.17, 15) is 4.79 Å². The maximum atomic E-state index is 11.2. The van der Waals surface area contributed by atoms with Crippen LogP contribution in [0.25, 0.3) is 0 Å². The number of nitrogens with zero attached hydrogens (tertiary/aromatic N) is 2. The summed E-state index contributed by atoms with van der Waals surface area (Å²) in [6.45, 7) is 3.51. The van der Waals surface area contributed by atoms with Gasteiger partial charge in [0.1, 0.15) is 0 Å². The molecule has 0 saturated carbocycles. The average molecular weight is 182 g/mol. The van der Waals surface area contributed by atoms with Crippen LogP contribution >= 0.6 is 0 Å². The van der Waals surface area contributed by atoms with E-state index in [4.69, 9.17) is 10.00 Å². The lowest BCUT2D eigenvalue weighted by Gasteiger charge is -2.27. The Bertz CT molecular complexity index is 214. The standard InChI is InChI=1S/C9H14N2O2/c1-2-13-9(12)11-5-3-8(7-10)4-6-11/h8H,2-6H2,1H3. The summed E-state index contributed by atoms with van der Waals surface area (Å²) in [7, 11) is 0. The van der Waals surface area contributed by atoms with Crippen LogP contribution in [0.4, 0.5) is 4.79 Å². The molecule has 13 heavy (non-hydrogen) atoms. The Hall–Kier alpha value is -1.24. The average Bonchev–Trinajstić information content (AvgIpc) is 2.18. The maximum Gasteiger partial charge on any atom is 0.409 e. The molecule has 72 valence electrons. The number of piperidine rings is 1. The van der Waals surface area contributed by atoms with E-state index in [1.807, 2.05) is 0 Å². The predicted molar refractivity (Wildman–Crippen MR) is 46.9 cm³/mol. The van der Waals surface area contributed by atoms with Crippen molar-refractivity contribution in [1.29, 1.82) is 5.26 Å². The summed E-state index contributed by atoms with van der Waals surface area (Å²) in [5, 5.41) is 8.63. The van der Waals surface area contributed by atoms with Gasteiger partial charge in [-0.05, 0) is 19.8 Å². The molecule has 0 N–H and O–H groups in total. The normalized spacial score (nSPS) is 18.0. The first-order chi connectivity index (χ1) is 6.27. The number of amides is 1. The van der Waals surface area contributed by atoms with Crippen LogP contribution in [0.2, 0.25) is 0 Å². The summed E-state index contributed by atoms with van der Waals surface area (Å²) in [5.41, 5.74) is 0. The maximum absolute atomic E-state index is 11.2. The fourth-order valence-electron chi connectivity index (χ4n) is 1.41. The molecule has 0 aromatic rings. The lowest BCUT2D eigenvalue weighted by molar-refractivity contribution is 0.0958. The van der Waals surface area contributed by atoms with Crippen LogP contribution in [0.1, 0.15) is 19.8 Å². The molecule has 4 nitrogen and oxygen atoms in total. The zero-order chi connectivity index (χ0) is 9.68. The van der Waals surface area contributed by atoms with Crippen molar-refractivity contribution in [2.24, 2.45) is 5.92 Å². The summed E-state index contributed by atoms with van der Waals surface area (Å²) in [6, 6.07) is 2.22. The van der Waals surface area contributed by atoms with E-state index in [1.54, 1.807) is 11.8 Å². The van der Waals surface area contributed by atoms with Crippen LogP contribution in [0.15, 0.2) is 0 Å². The van der Waals surface area contributed by atoms with E-state index in [0.717, 1.165) is 12.8 Å². The lowest BCUT2D eigenvalue weighted by Crippen LogP contribution is -2.38.